The van der Waals surface area contributed by atoms with E-state index in [1.807, 2.05) is 0 Å². The van der Waals surface area contributed by atoms with Crippen LogP contribution in [0.5, 0.6) is 0 Å². The predicted molar refractivity (Wildman–Crippen MR) is 108 cm³/mol. The van der Waals surface area contributed by atoms with Gasteiger partial charge in [0, 0.05) is 16.1 Å². The zero-order valence-electron chi connectivity index (χ0n) is 16.2. The van der Waals surface area contributed by atoms with E-state index in [4.69, 9.17) is 16.0 Å². The smallest absolute Gasteiger partial charge is 0.450 e. The van der Waals surface area contributed by atoms with Crippen LogP contribution in [-0.4, -0.2) is 23.1 Å². The molecule has 2 aromatic carbocycles. The highest BCUT2D eigenvalue weighted by Crippen LogP contribution is 2.43. The van der Waals surface area contributed by atoms with Crippen LogP contribution in [0.25, 0.3) is 11.3 Å². The second-order valence-corrected chi connectivity index (χ2v) is 7.70. The van der Waals surface area contributed by atoms with Crippen molar-refractivity contribution in [3.8, 4) is 11.3 Å². The number of amides is 2. The topological polar surface area (TPSA) is 91.6 Å². The molecule has 0 spiro atoms. The first-order chi connectivity index (χ1) is 15.1. The zero-order chi connectivity index (χ0) is 23.1. The number of furan rings is 1. The van der Waals surface area contributed by atoms with Gasteiger partial charge in [-0.25, -0.2) is 4.79 Å². The Kier molecular flexibility index (Phi) is 5.47. The molecule has 1 aromatic heterocycles. The van der Waals surface area contributed by atoms with Gasteiger partial charge in [-0.3, -0.25) is 4.79 Å². The van der Waals surface area contributed by atoms with Crippen molar-refractivity contribution in [1.29, 1.82) is 0 Å². The molecule has 2 amide bonds. The first-order valence-electron chi connectivity index (χ1n) is 9.43. The molecule has 2 heterocycles. The van der Waals surface area contributed by atoms with E-state index >= 15 is 0 Å². The zero-order valence-corrected chi connectivity index (χ0v) is 16.9. The molecule has 0 radical (unpaired) electrons. The van der Waals surface area contributed by atoms with Gasteiger partial charge in [0.2, 0.25) is 5.78 Å². The molecule has 3 aromatic rings. The van der Waals surface area contributed by atoms with E-state index in [1.54, 1.807) is 30.3 Å². The standard InChI is InChI=1S/C22H16ClF3N2O4/c23-14-8-4-5-12(11-14)15-9-10-16(32-15)18-17(19(29)22(24,25)26)21(31,28-20(30)27-18)13-6-2-1-3-7-13/h1-11,17-18,31H,(H2,27,28,30)/t17-,18+,21-/m0/s1. The molecule has 1 aliphatic heterocycles. The fraction of sp³-hybridized carbons (Fsp3) is 0.182. The minimum atomic E-state index is -5.28. The van der Waals surface area contributed by atoms with Crippen LogP contribution in [0, 0.1) is 5.92 Å². The highest BCUT2D eigenvalue weighted by molar-refractivity contribution is 6.30. The summed E-state index contributed by atoms with van der Waals surface area (Å²) in [6.45, 7) is 0. The monoisotopic (exact) mass is 464 g/mol. The van der Waals surface area contributed by atoms with Crippen molar-refractivity contribution in [2.24, 2.45) is 5.92 Å². The van der Waals surface area contributed by atoms with E-state index < -0.39 is 35.7 Å². The number of urea groups is 1. The number of halogens is 4. The molecule has 3 N–H and O–H groups in total. The summed E-state index contributed by atoms with van der Waals surface area (Å²) in [7, 11) is 0. The highest BCUT2D eigenvalue weighted by Gasteiger charge is 2.60. The summed E-state index contributed by atoms with van der Waals surface area (Å²) in [6, 6.07) is 14.0. The number of carbonyl (C=O) groups is 2. The molecule has 0 unspecified atom stereocenters. The maximum absolute atomic E-state index is 13.5. The molecule has 1 aliphatic rings. The van der Waals surface area contributed by atoms with Crippen LogP contribution >= 0.6 is 11.6 Å². The van der Waals surface area contributed by atoms with Crippen molar-refractivity contribution in [3.63, 3.8) is 0 Å². The molecule has 0 saturated carbocycles. The number of hydrogen-bond donors (Lipinski definition) is 3. The molecule has 4 rings (SSSR count). The van der Waals surface area contributed by atoms with E-state index in [0.29, 0.717) is 10.6 Å². The molecule has 32 heavy (non-hydrogen) atoms. The number of aliphatic hydroxyl groups is 1. The number of carbonyl (C=O) groups excluding carboxylic acids is 2. The number of rotatable bonds is 4. The van der Waals surface area contributed by atoms with Gasteiger partial charge >= 0.3 is 12.2 Å². The Morgan fingerprint density at radius 3 is 2.44 bits per heavy atom. The number of alkyl halides is 3. The van der Waals surface area contributed by atoms with Crippen molar-refractivity contribution in [1.82, 2.24) is 10.6 Å². The van der Waals surface area contributed by atoms with Crippen LogP contribution in [0.4, 0.5) is 18.0 Å². The summed E-state index contributed by atoms with van der Waals surface area (Å²) in [5, 5.41) is 16.0. The van der Waals surface area contributed by atoms with Gasteiger partial charge in [0.1, 0.15) is 23.5 Å². The minimum absolute atomic E-state index is 0.0796. The maximum Gasteiger partial charge on any atom is 0.450 e. The van der Waals surface area contributed by atoms with E-state index in [-0.39, 0.29) is 17.1 Å². The first-order valence-corrected chi connectivity index (χ1v) is 9.80. The van der Waals surface area contributed by atoms with Crippen molar-refractivity contribution in [2.45, 2.75) is 17.9 Å². The molecule has 6 nitrogen and oxygen atoms in total. The number of ketones is 1. The third-order valence-corrected chi connectivity index (χ3v) is 5.43. The second kappa shape index (κ2) is 7.99. The second-order valence-electron chi connectivity index (χ2n) is 7.26. The number of Topliss-reactive ketones (excluding diaryl/α,β-unsaturated/α-hetero) is 1. The molecule has 0 aliphatic carbocycles. The van der Waals surface area contributed by atoms with Crippen LogP contribution < -0.4 is 10.6 Å². The average Bonchev–Trinajstić information content (AvgIpc) is 3.23. The third-order valence-electron chi connectivity index (χ3n) is 5.19. The SMILES string of the molecule is O=C1N[C@H](c2ccc(-c3cccc(Cl)c3)o2)[C@@H](C(=O)C(F)(F)F)[C@@](O)(c2ccccc2)N1. The summed E-state index contributed by atoms with van der Waals surface area (Å²) in [4.78, 5) is 24.8. The minimum Gasteiger partial charge on any atom is -0.459 e. The Bertz CT molecular complexity index is 1170. The van der Waals surface area contributed by atoms with Crippen LogP contribution in [0.2, 0.25) is 5.02 Å². The number of benzene rings is 2. The first kappa shape index (κ1) is 21.9. The number of hydrogen-bond acceptors (Lipinski definition) is 4. The van der Waals surface area contributed by atoms with Gasteiger partial charge in [0.05, 0.1) is 0 Å². The van der Waals surface area contributed by atoms with E-state index in [0.717, 1.165) is 0 Å². The average molecular weight is 465 g/mol. The number of nitrogens with one attached hydrogen (secondary N) is 2. The molecule has 1 fully saturated rings. The normalized spacial score (nSPS) is 23.3. The van der Waals surface area contributed by atoms with E-state index in [9.17, 15) is 27.9 Å². The largest absolute Gasteiger partial charge is 0.459 e. The maximum atomic E-state index is 13.5. The van der Waals surface area contributed by atoms with Crippen LogP contribution in [-0.2, 0) is 10.5 Å². The van der Waals surface area contributed by atoms with Gasteiger partial charge in [-0.05, 0) is 24.3 Å². The van der Waals surface area contributed by atoms with Gasteiger partial charge in [-0.2, -0.15) is 13.2 Å². The van der Waals surface area contributed by atoms with Gasteiger partial charge in [0.25, 0.3) is 0 Å². The summed E-state index contributed by atoms with van der Waals surface area (Å²) in [6.07, 6.45) is -5.28. The molecular weight excluding hydrogens is 449 g/mol. The lowest BCUT2D eigenvalue weighted by atomic mass is 9.77. The highest BCUT2D eigenvalue weighted by atomic mass is 35.5. The Balaban J connectivity index is 1.82. The summed E-state index contributed by atoms with van der Waals surface area (Å²) < 4.78 is 46.3. The lowest BCUT2D eigenvalue weighted by Gasteiger charge is -2.44. The van der Waals surface area contributed by atoms with Crippen molar-refractivity contribution < 1.29 is 32.3 Å². The third kappa shape index (κ3) is 3.96. The molecule has 166 valence electrons. The Hall–Kier alpha value is -3.30. The Labute approximate surface area is 185 Å². The predicted octanol–water partition coefficient (Wildman–Crippen LogP) is 4.55. The van der Waals surface area contributed by atoms with Crippen LogP contribution in [0.3, 0.4) is 0 Å². The Morgan fingerprint density at radius 2 is 1.78 bits per heavy atom. The molecular formula is C22H16ClF3N2O4. The molecule has 3 atom stereocenters. The lowest BCUT2D eigenvalue weighted by Crippen LogP contribution is -2.66. The van der Waals surface area contributed by atoms with Gasteiger partial charge < -0.3 is 20.2 Å². The van der Waals surface area contributed by atoms with Crippen molar-refractivity contribution >= 4 is 23.4 Å². The molecule has 10 heteroatoms. The van der Waals surface area contributed by atoms with Gasteiger partial charge in [-0.1, -0.05) is 54.1 Å². The summed E-state index contributed by atoms with van der Waals surface area (Å²) in [5.74, 6) is -4.26. The quantitative estimate of drug-likeness (QED) is 0.528. The van der Waals surface area contributed by atoms with Crippen molar-refractivity contribution in [2.75, 3.05) is 0 Å². The molecule has 1 saturated heterocycles. The van der Waals surface area contributed by atoms with Gasteiger partial charge in [0.15, 0.2) is 5.72 Å². The summed E-state index contributed by atoms with van der Waals surface area (Å²) >= 11 is 5.98. The van der Waals surface area contributed by atoms with Crippen LogP contribution in [0.1, 0.15) is 17.4 Å². The van der Waals surface area contributed by atoms with E-state index in [2.05, 4.69) is 10.6 Å². The fourth-order valence-corrected chi connectivity index (χ4v) is 3.96. The Morgan fingerprint density at radius 1 is 1.06 bits per heavy atom. The molecule has 0 bridgehead atoms. The van der Waals surface area contributed by atoms with Gasteiger partial charge in [-0.15, -0.1) is 0 Å². The lowest BCUT2D eigenvalue weighted by molar-refractivity contribution is -0.190. The fourth-order valence-electron chi connectivity index (χ4n) is 3.77. The van der Waals surface area contributed by atoms with Crippen LogP contribution in [0.15, 0.2) is 71.1 Å². The van der Waals surface area contributed by atoms with Crippen molar-refractivity contribution in [3.05, 3.63) is 83.1 Å². The summed E-state index contributed by atoms with van der Waals surface area (Å²) in [5.41, 5.74) is -2.17. The van der Waals surface area contributed by atoms with E-state index in [1.165, 1.54) is 36.4 Å².